The zero-order chi connectivity index (χ0) is 45.9. The largest absolute Gasteiger partial charge is 0.463 e. The summed E-state index contributed by atoms with van der Waals surface area (Å²) in [5.41, 5.74) is 1.51. The van der Waals surface area contributed by atoms with Crippen molar-refractivity contribution in [3.8, 4) is 0 Å². The number of esters is 1. The fourth-order valence-corrected chi connectivity index (χ4v) is 14.4. The second kappa shape index (κ2) is 17.8. The van der Waals surface area contributed by atoms with E-state index in [1.807, 2.05) is 0 Å². The molecule has 10 aliphatic rings. The van der Waals surface area contributed by atoms with Crippen molar-refractivity contribution in [1.82, 2.24) is 0 Å². The van der Waals surface area contributed by atoms with E-state index in [1.165, 1.54) is 12.5 Å². The Bertz CT molecular complexity index is 1750. The van der Waals surface area contributed by atoms with Crippen LogP contribution >= 0.6 is 0 Å². The van der Waals surface area contributed by atoms with E-state index in [9.17, 15) is 40.5 Å². The summed E-state index contributed by atoms with van der Waals surface area (Å²) in [6.45, 7) is 10.9. The first-order valence-electron chi connectivity index (χ1n) is 24.8. The van der Waals surface area contributed by atoms with Crippen LogP contribution in [0.2, 0.25) is 0 Å². The van der Waals surface area contributed by atoms with E-state index >= 15 is 0 Å². The highest BCUT2D eigenvalue weighted by Gasteiger charge is 2.69. The fraction of sp³-hybridized carbons (Fsp3) is 0.938. The maximum absolute atomic E-state index is 12.2. The Hall–Kier alpha value is -1.39. The minimum Gasteiger partial charge on any atom is -0.463 e. The molecule has 5 aliphatic heterocycles. The first-order valence-corrected chi connectivity index (χ1v) is 24.8. The molecule has 0 bridgehead atoms. The summed E-state index contributed by atoms with van der Waals surface area (Å²) in [6, 6.07) is 0. The fourth-order valence-electron chi connectivity index (χ4n) is 14.4. The molecular weight excluding hydrogens is 849 g/mol. The number of hydrogen-bond donors (Lipinski definition) is 7. The molecule has 17 heteroatoms. The maximum atomic E-state index is 12.2. The molecule has 0 amide bonds. The molecule has 25 atom stereocenters. The Morgan fingerprint density at radius 3 is 2.20 bits per heavy atom. The Morgan fingerprint density at radius 2 is 1.48 bits per heavy atom. The van der Waals surface area contributed by atoms with Crippen molar-refractivity contribution >= 4 is 5.97 Å². The Morgan fingerprint density at radius 1 is 0.754 bits per heavy atom. The van der Waals surface area contributed by atoms with E-state index in [0.717, 1.165) is 64.4 Å². The summed E-state index contributed by atoms with van der Waals surface area (Å²) < 4.78 is 55.8. The van der Waals surface area contributed by atoms with Crippen molar-refractivity contribution in [2.45, 2.75) is 209 Å². The molecule has 0 aromatic rings. The molecule has 17 nitrogen and oxygen atoms in total. The molecule has 5 heterocycles. The Labute approximate surface area is 381 Å². The van der Waals surface area contributed by atoms with Crippen LogP contribution in [0.1, 0.15) is 105 Å². The number of aliphatic hydroxyl groups is 7. The summed E-state index contributed by atoms with van der Waals surface area (Å²) in [4.78, 5) is 12.2. The van der Waals surface area contributed by atoms with E-state index in [-0.39, 0.29) is 35.6 Å². The van der Waals surface area contributed by atoms with Gasteiger partial charge in [0.15, 0.2) is 24.7 Å². The summed E-state index contributed by atoms with van der Waals surface area (Å²) in [6.07, 6.45) is -7.67. The van der Waals surface area contributed by atoms with Crippen molar-refractivity contribution < 1.29 is 83.2 Å². The van der Waals surface area contributed by atoms with Crippen LogP contribution in [0.25, 0.3) is 0 Å². The number of ether oxygens (including phenoxy) is 9. The van der Waals surface area contributed by atoms with Crippen molar-refractivity contribution in [2.24, 2.45) is 52.3 Å². The van der Waals surface area contributed by atoms with Gasteiger partial charge in [-0.2, -0.15) is 0 Å². The van der Waals surface area contributed by atoms with Crippen molar-refractivity contribution in [1.29, 1.82) is 0 Å². The van der Waals surface area contributed by atoms with E-state index in [1.54, 1.807) is 0 Å². The van der Waals surface area contributed by atoms with Gasteiger partial charge in [-0.05, 0) is 112 Å². The van der Waals surface area contributed by atoms with Gasteiger partial charge in [-0.15, -0.1) is 0 Å². The molecule has 65 heavy (non-hydrogen) atoms. The highest BCUT2D eigenvalue weighted by molar-refractivity contribution is 5.74. The standard InChI is InChI=1S/C48H74O17/c1-21-10-15-48(58-19-21)22(2)33-30(65-48)17-29-27-9-8-25-16-26(11-13-46(25,4)28(27)12-14-47(29,33)5)60-45-41(64-43-38(54)36(52)34(50)23(3)59-43)39(55)40(31(18-49)61-45)63-44-37(53)35(51)32(62-44)20-57-42(56)24-6-7-24/h8,21-24,26-41,43-45,49-55H,6-7,9-20H2,1-5H3/t21-,22+,23+,26+,27?,28?,29?,30?,31-,32+,33?,34+,35+,36-,37-,38-,39+,40-,41-,43-,44-,45-,46+,47+,48-/m1/s1. The maximum Gasteiger partial charge on any atom is 0.309 e. The van der Waals surface area contributed by atoms with Crippen molar-refractivity contribution in [3.63, 3.8) is 0 Å². The Kier molecular flexibility index (Phi) is 12.9. The van der Waals surface area contributed by atoms with Gasteiger partial charge in [0.25, 0.3) is 0 Å². The number of hydrogen-bond acceptors (Lipinski definition) is 17. The molecule has 7 N–H and O–H groups in total. The van der Waals surface area contributed by atoms with Gasteiger partial charge in [0, 0.05) is 12.3 Å². The second-order valence-corrected chi connectivity index (χ2v) is 22.3. The van der Waals surface area contributed by atoms with E-state index in [0.29, 0.717) is 48.3 Å². The molecule has 10 rings (SSSR count). The molecule has 5 unspecified atom stereocenters. The predicted octanol–water partition coefficient (Wildman–Crippen LogP) is 1.81. The third-order valence-electron chi connectivity index (χ3n) is 18.5. The number of aliphatic hydroxyl groups excluding tert-OH is 7. The molecule has 0 aromatic carbocycles. The van der Waals surface area contributed by atoms with E-state index in [4.69, 9.17) is 42.6 Å². The summed E-state index contributed by atoms with van der Waals surface area (Å²) in [7, 11) is 0. The number of fused-ring (bicyclic) bond motifs is 7. The molecule has 5 saturated heterocycles. The van der Waals surface area contributed by atoms with E-state index in [2.05, 4.69) is 33.8 Å². The number of carbonyl (C=O) groups excluding carboxylic acids is 1. The highest BCUT2D eigenvalue weighted by atomic mass is 16.8. The Balaban J connectivity index is 0.838. The molecule has 1 spiro atoms. The van der Waals surface area contributed by atoms with Crippen LogP contribution < -0.4 is 0 Å². The van der Waals surface area contributed by atoms with Crippen molar-refractivity contribution in [2.75, 3.05) is 19.8 Å². The van der Waals surface area contributed by atoms with Crippen LogP contribution in [0, 0.1) is 52.3 Å². The molecule has 5 aliphatic carbocycles. The normalized spacial score (nSPS) is 55.2. The van der Waals surface area contributed by atoms with Crippen LogP contribution in [-0.4, -0.2) is 166 Å². The molecule has 368 valence electrons. The van der Waals surface area contributed by atoms with Gasteiger partial charge in [-0.1, -0.05) is 39.3 Å². The minimum atomic E-state index is -1.72. The molecule has 4 saturated carbocycles. The van der Waals surface area contributed by atoms with Gasteiger partial charge < -0.3 is 78.4 Å². The van der Waals surface area contributed by atoms with Gasteiger partial charge in [-0.25, -0.2) is 0 Å². The third-order valence-corrected chi connectivity index (χ3v) is 18.5. The smallest absolute Gasteiger partial charge is 0.309 e. The first-order chi connectivity index (χ1) is 31.0. The monoisotopic (exact) mass is 922 g/mol. The number of carbonyl (C=O) groups is 1. The SMILES string of the molecule is C[C@@H]1CC[C@@]2(OC1)OC1CC3C4CC=C5C[C@@H](O[C@@H]6O[C@H](CO)[C@@H](O[C@H]7O[C@@H](COC(=O)C8CC8)[C@H](O)[C@H]7O)[C@H](O)[C@H]6O[C@H]6O[C@@H](C)[C@H](O)[C@@H](O)[C@H]6O)CC[C@]5(C)C4CC[C@]3(C)C1[C@@H]2C. The molecule has 0 radical (unpaired) electrons. The topological polar surface area (TPSA) is 242 Å². The van der Waals surface area contributed by atoms with Crippen LogP contribution in [0.5, 0.6) is 0 Å². The quantitative estimate of drug-likeness (QED) is 0.122. The number of allylic oxidation sites excluding steroid dienone is 1. The zero-order valence-corrected chi connectivity index (χ0v) is 38.5. The number of rotatable bonds is 10. The lowest BCUT2D eigenvalue weighted by atomic mass is 9.47. The zero-order valence-electron chi connectivity index (χ0n) is 38.5. The van der Waals surface area contributed by atoms with Gasteiger partial charge in [0.05, 0.1) is 37.4 Å². The molecule has 0 aromatic heterocycles. The average molecular weight is 923 g/mol. The van der Waals surface area contributed by atoms with Crippen molar-refractivity contribution in [3.05, 3.63) is 11.6 Å². The van der Waals surface area contributed by atoms with Crippen LogP contribution in [0.4, 0.5) is 0 Å². The average Bonchev–Trinajstić information content (AvgIpc) is 3.99. The lowest BCUT2D eigenvalue weighted by Crippen LogP contribution is -2.65. The van der Waals surface area contributed by atoms with Gasteiger partial charge in [0.2, 0.25) is 0 Å². The summed E-state index contributed by atoms with van der Waals surface area (Å²) >= 11 is 0. The minimum absolute atomic E-state index is 0.0263. The first kappa shape index (κ1) is 47.3. The lowest BCUT2D eigenvalue weighted by molar-refractivity contribution is -0.380. The molecule has 9 fully saturated rings. The third kappa shape index (κ3) is 8.09. The summed E-state index contributed by atoms with van der Waals surface area (Å²) in [5.74, 6) is 2.00. The molecular formula is C48H74O17. The van der Waals surface area contributed by atoms with Crippen LogP contribution in [0.15, 0.2) is 11.6 Å². The van der Waals surface area contributed by atoms with E-state index < -0.39 is 104 Å². The van der Waals surface area contributed by atoms with Crippen LogP contribution in [-0.2, 0) is 47.4 Å². The highest BCUT2D eigenvalue weighted by Crippen LogP contribution is 2.70. The second-order valence-electron chi connectivity index (χ2n) is 22.3. The van der Waals surface area contributed by atoms with Gasteiger partial charge in [0.1, 0.15) is 67.6 Å². The predicted molar refractivity (Wildman–Crippen MR) is 225 cm³/mol. The lowest BCUT2D eigenvalue weighted by Gasteiger charge is -2.58. The van der Waals surface area contributed by atoms with Crippen LogP contribution in [0.3, 0.4) is 0 Å². The summed E-state index contributed by atoms with van der Waals surface area (Å²) in [5, 5.41) is 76.5. The van der Waals surface area contributed by atoms with Gasteiger partial charge >= 0.3 is 5.97 Å². The van der Waals surface area contributed by atoms with Gasteiger partial charge in [-0.3, -0.25) is 4.79 Å².